The maximum Gasteiger partial charge on any atom is 0.281 e. The average Bonchev–Trinajstić information content (AvgIpc) is 3.04. The molecule has 1 amide bonds. The van der Waals surface area contributed by atoms with Gasteiger partial charge in [0.25, 0.3) is 12.3 Å². The predicted molar refractivity (Wildman–Crippen MR) is 68.9 cm³/mol. The summed E-state index contributed by atoms with van der Waals surface area (Å²) in [5.74, 6) is -0.417. The number of anilines is 2. The summed E-state index contributed by atoms with van der Waals surface area (Å²) < 4.78 is 26.7. The summed E-state index contributed by atoms with van der Waals surface area (Å²) in [5, 5.41) is 11.9. The molecule has 0 radical (unpaired) electrons. The lowest BCUT2D eigenvalue weighted by Gasteiger charge is -2.04. The monoisotopic (exact) mass is 293 g/mol. The van der Waals surface area contributed by atoms with Gasteiger partial charge in [0.2, 0.25) is 0 Å². The van der Waals surface area contributed by atoms with Gasteiger partial charge in [-0.1, -0.05) is 0 Å². The van der Waals surface area contributed by atoms with Crippen molar-refractivity contribution in [3.05, 3.63) is 35.9 Å². The van der Waals surface area contributed by atoms with Gasteiger partial charge in [0.1, 0.15) is 17.1 Å². The second kappa shape index (κ2) is 4.81. The number of hydrogen-bond donors (Lipinski definition) is 3. The Kier molecular flexibility index (Phi) is 2.97. The first kappa shape index (κ1) is 13.0. The van der Waals surface area contributed by atoms with Crippen LogP contribution in [0.25, 0.3) is 5.65 Å². The number of carbonyl (C=O) groups is 1. The van der Waals surface area contributed by atoms with Gasteiger partial charge in [-0.15, -0.1) is 0 Å². The van der Waals surface area contributed by atoms with E-state index in [4.69, 9.17) is 5.73 Å². The van der Waals surface area contributed by atoms with Gasteiger partial charge in [0.15, 0.2) is 5.65 Å². The lowest BCUT2D eigenvalue weighted by Crippen LogP contribution is -2.13. The number of amides is 1. The number of nitrogens with zero attached hydrogens (tertiary/aromatic N) is 4. The summed E-state index contributed by atoms with van der Waals surface area (Å²) in [6.07, 6.45) is 1.14. The van der Waals surface area contributed by atoms with Gasteiger partial charge >= 0.3 is 0 Å². The molecule has 21 heavy (non-hydrogen) atoms. The van der Waals surface area contributed by atoms with Crippen molar-refractivity contribution in [1.82, 2.24) is 24.8 Å². The molecule has 0 fully saturated rings. The number of halogens is 2. The number of alkyl halides is 2. The van der Waals surface area contributed by atoms with Gasteiger partial charge in [-0.2, -0.15) is 10.2 Å². The Labute approximate surface area is 116 Å². The zero-order chi connectivity index (χ0) is 15.0. The molecule has 4 N–H and O–H groups in total. The third-order valence-corrected chi connectivity index (χ3v) is 2.77. The highest BCUT2D eigenvalue weighted by molar-refractivity contribution is 6.08. The zero-order valence-corrected chi connectivity index (χ0v) is 10.4. The minimum absolute atomic E-state index is 0.0988. The Morgan fingerprint density at radius 2 is 2.24 bits per heavy atom. The van der Waals surface area contributed by atoms with E-state index in [1.54, 1.807) is 0 Å². The Bertz CT molecular complexity index is 810. The van der Waals surface area contributed by atoms with Gasteiger partial charge < -0.3 is 11.1 Å². The molecule has 0 aliphatic rings. The lowest BCUT2D eigenvalue weighted by molar-refractivity contribution is 0.102. The van der Waals surface area contributed by atoms with E-state index in [2.05, 4.69) is 25.6 Å². The number of aromatic nitrogens is 5. The topological polar surface area (TPSA) is 114 Å². The van der Waals surface area contributed by atoms with E-state index in [0.717, 1.165) is 6.20 Å². The summed E-state index contributed by atoms with van der Waals surface area (Å²) in [5.41, 5.74) is 5.34. The summed E-state index contributed by atoms with van der Waals surface area (Å²) in [6.45, 7) is 0. The Morgan fingerprint density at radius 1 is 1.43 bits per heavy atom. The Balaban J connectivity index is 1.94. The first-order valence-corrected chi connectivity index (χ1v) is 5.79. The van der Waals surface area contributed by atoms with Gasteiger partial charge in [-0.3, -0.25) is 9.89 Å². The minimum Gasteiger partial charge on any atom is -0.384 e. The fourth-order valence-electron chi connectivity index (χ4n) is 1.79. The molecule has 3 aromatic heterocycles. The molecule has 0 spiro atoms. The molecule has 3 heterocycles. The molecule has 0 bridgehead atoms. The highest BCUT2D eigenvalue weighted by Crippen LogP contribution is 2.24. The van der Waals surface area contributed by atoms with E-state index in [1.165, 1.54) is 23.0 Å². The van der Waals surface area contributed by atoms with E-state index in [9.17, 15) is 13.6 Å². The van der Waals surface area contributed by atoms with E-state index in [1.807, 2.05) is 0 Å². The third-order valence-electron chi connectivity index (χ3n) is 2.77. The fraction of sp³-hybridized carbons (Fsp3) is 0.0909. The van der Waals surface area contributed by atoms with E-state index < -0.39 is 18.0 Å². The fourth-order valence-corrected chi connectivity index (χ4v) is 1.79. The number of fused-ring (bicyclic) bond motifs is 1. The molecule has 0 atom stereocenters. The molecule has 10 heteroatoms. The maximum atomic E-state index is 12.7. The van der Waals surface area contributed by atoms with Crippen LogP contribution in [0.5, 0.6) is 0 Å². The zero-order valence-electron chi connectivity index (χ0n) is 10.4. The molecule has 108 valence electrons. The molecule has 3 aromatic rings. The van der Waals surface area contributed by atoms with E-state index in [0.29, 0.717) is 0 Å². The number of carbonyl (C=O) groups excluding carboxylic acids is 1. The normalized spacial score (nSPS) is 11.2. The third kappa shape index (κ3) is 2.26. The Morgan fingerprint density at radius 3 is 3.00 bits per heavy atom. The van der Waals surface area contributed by atoms with Gasteiger partial charge in [-0.25, -0.2) is 18.3 Å². The molecule has 0 aliphatic carbocycles. The van der Waals surface area contributed by atoms with Crippen molar-refractivity contribution >= 4 is 23.1 Å². The first-order chi connectivity index (χ1) is 10.1. The molecule has 0 aliphatic heterocycles. The summed E-state index contributed by atoms with van der Waals surface area (Å²) in [7, 11) is 0. The molecular formula is C11H9F2N7O. The van der Waals surface area contributed by atoms with Crippen molar-refractivity contribution in [1.29, 1.82) is 0 Å². The molecule has 0 aromatic carbocycles. The maximum absolute atomic E-state index is 12.7. The number of hydrogen-bond acceptors (Lipinski definition) is 5. The summed E-state index contributed by atoms with van der Waals surface area (Å²) in [6, 6.07) is 1.52. The average molecular weight is 293 g/mol. The molecule has 3 rings (SSSR count). The molecule has 0 unspecified atom stereocenters. The number of aromatic amines is 1. The van der Waals surface area contributed by atoms with Crippen LogP contribution in [0.2, 0.25) is 0 Å². The van der Waals surface area contributed by atoms with E-state index in [-0.39, 0.29) is 22.7 Å². The number of nitrogen functional groups attached to an aromatic ring is 1. The largest absolute Gasteiger partial charge is 0.384 e. The smallest absolute Gasteiger partial charge is 0.281 e. The summed E-state index contributed by atoms with van der Waals surface area (Å²) in [4.78, 5) is 16.1. The van der Waals surface area contributed by atoms with Crippen molar-refractivity contribution in [3.63, 3.8) is 0 Å². The second-order valence-electron chi connectivity index (χ2n) is 4.13. The van der Waals surface area contributed by atoms with Crippen molar-refractivity contribution < 1.29 is 13.6 Å². The van der Waals surface area contributed by atoms with Crippen LogP contribution in [0.1, 0.15) is 22.5 Å². The highest BCUT2D eigenvalue weighted by atomic mass is 19.3. The predicted octanol–water partition coefficient (Wildman–Crippen LogP) is 1.22. The quantitative estimate of drug-likeness (QED) is 0.672. The van der Waals surface area contributed by atoms with Gasteiger partial charge in [0, 0.05) is 6.20 Å². The van der Waals surface area contributed by atoms with Crippen LogP contribution >= 0.6 is 0 Å². The molecule has 0 saturated carbocycles. The first-order valence-electron chi connectivity index (χ1n) is 5.79. The standard InChI is InChI=1S/C11H9F2N7O/c12-9(13)8-6(4-15-19-8)17-11(21)5-3-16-20-2-1-7(14)18-10(5)20/h1-4,9H,(H2,14,18)(H,15,19)(H,17,21). The van der Waals surface area contributed by atoms with Crippen LogP contribution in [0.15, 0.2) is 24.7 Å². The minimum atomic E-state index is -2.78. The lowest BCUT2D eigenvalue weighted by atomic mass is 10.3. The molecule has 0 saturated heterocycles. The van der Waals surface area contributed by atoms with Crippen LogP contribution in [0.3, 0.4) is 0 Å². The second-order valence-corrected chi connectivity index (χ2v) is 4.13. The summed E-state index contributed by atoms with van der Waals surface area (Å²) >= 11 is 0. The van der Waals surface area contributed by atoms with Crippen molar-refractivity contribution in [2.45, 2.75) is 6.43 Å². The van der Waals surface area contributed by atoms with Crippen LogP contribution in [0, 0.1) is 0 Å². The van der Waals surface area contributed by atoms with Gasteiger partial charge in [-0.05, 0) is 6.07 Å². The van der Waals surface area contributed by atoms with Crippen molar-refractivity contribution in [2.24, 2.45) is 0 Å². The number of rotatable bonds is 3. The molecular weight excluding hydrogens is 284 g/mol. The highest BCUT2D eigenvalue weighted by Gasteiger charge is 2.20. The van der Waals surface area contributed by atoms with Crippen LogP contribution in [0.4, 0.5) is 20.3 Å². The number of H-pyrrole nitrogens is 1. The van der Waals surface area contributed by atoms with Crippen molar-refractivity contribution in [2.75, 3.05) is 11.1 Å². The van der Waals surface area contributed by atoms with Crippen molar-refractivity contribution in [3.8, 4) is 0 Å². The molecule has 8 nitrogen and oxygen atoms in total. The van der Waals surface area contributed by atoms with Crippen LogP contribution < -0.4 is 11.1 Å². The van der Waals surface area contributed by atoms with E-state index >= 15 is 0 Å². The number of nitrogens with two attached hydrogens (primary N) is 1. The SMILES string of the molecule is Nc1ccn2ncc(C(=O)Nc3cn[nH]c3C(F)F)c2n1. The number of nitrogens with one attached hydrogen (secondary N) is 2. The van der Waals surface area contributed by atoms with Crippen LogP contribution in [-0.4, -0.2) is 30.7 Å². The van der Waals surface area contributed by atoms with Crippen LogP contribution in [-0.2, 0) is 0 Å². The Hall–Kier alpha value is -3.04. The van der Waals surface area contributed by atoms with Gasteiger partial charge in [0.05, 0.1) is 18.1 Å².